The Bertz CT molecular complexity index is 232. The Kier molecular flexibility index (Phi) is 3.78. The van der Waals surface area contributed by atoms with Gasteiger partial charge in [-0.05, 0) is 24.0 Å². The van der Waals surface area contributed by atoms with Crippen molar-refractivity contribution in [1.82, 2.24) is 0 Å². The minimum absolute atomic E-state index is 0.637. The number of hydrogen-bond acceptors (Lipinski definition) is 1. The molecule has 0 N–H and O–H groups in total. The first-order valence-corrected chi connectivity index (χ1v) is 4.94. The molecule has 0 saturated carbocycles. The molecule has 0 amide bonds. The molecule has 58 valence electrons. The quantitative estimate of drug-likeness (QED) is 0.725. The van der Waals surface area contributed by atoms with Crippen LogP contribution < -0.4 is 0 Å². The van der Waals surface area contributed by atoms with E-state index >= 15 is 0 Å². The molecule has 11 heavy (non-hydrogen) atoms. The van der Waals surface area contributed by atoms with Gasteiger partial charge in [0, 0.05) is 12.9 Å². The van der Waals surface area contributed by atoms with Gasteiger partial charge in [-0.3, -0.25) is 0 Å². The highest BCUT2D eigenvalue weighted by molar-refractivity contribution is 9.10. The molecule has 0 aliphatic carbocycles. The second kappa shape index (κ2) is 4.66. The summed E-state index contributed by atoms with van der Waals surface area (Å²) in [6.07, 6.45) is 3.56. The number of rotatable bonds is 3. The van der Waals surface area contributed by atoms with E-state index in [0.29, 0.717) is 6.61 Å². The third-order valence-corrected chi connectivity index (χ3v) is 2.08. The topological polar surface area (TPSA) is 9.23 Å². The van der Waals surface area contributed by atoms with Crippen molar-refractivity contribution < 1.29 is 4.52 Å². The summed E-state index contributed by atoms with van der Waals surface area (Å²) in [5.74, 6) is 0. The van der Waals surface area contributed by atoms with Crippen molar-refractivity contribution in [3.05, 3.63) is 34.3 Å². The zero-order valence-corrected chi connectivity index (χ0v) is 8.44. The second-order valence-electron chi connectivity index (χ2n) is 2.03. The number of halogens is 1. The molecule has 3 heteroatoms. The molecule has 0 aliphatic rings. The van der Waals surface area contributed by atoms with Gasteiger partial charge >= 0.3 is 0 Å². The molecule has 1 rings (SSSR count). The molecular formula is C8H8BrOP. The van der Waals surface area contributed by atoms with E-state index in [2.05, 4.69) is 22.2 Å². The maximum atomic E-state index is 5.11. The molecule has 0 unspecified atom stereocenters. The lowest BCUT2D eigenvalue weighted by atomic mass is 10.2. The summed E-state index contributed by atoms with van der Waals surface area (Å²) < 4.78 is 6.20. The standard InChI is InChI=1S/C8H8BrOP/c1-11-10-6-7-2-4-8(9)5-3-7/h2-5H,1,6H2. The van der Waals surface area contributed by atoms with E-state index in [-0.39, 0.29) is 0 Å². The van der Waals surface area contributed by atoms with Crippen molar-refractivity contribution in [3.63, 3.8) is 0 Å². The van der Waals surface area contributed by atoms with E-state index in [4.69, 9.17) is 4.52 Å². The Balaban J connectivity index is 2.58. The van der Waals surface area contributed by atoms with Crippen LogP contribution >= 0.6 is 24.4 Å². The van der Waals surface area contributed by atoms with Gasteiger partial charge in [-0.15, -0.1) is 0 Å². The average Bonchev–Trinajstić information content (AvgIpc) is 2.04. The molecule has 0 atom stereocenters. The van der Waals surface area contributed by atoms with Crippen LogP contribution in [-0.2, 0) is 11.1 Å². The summed E-state index contributed by atoms with van der Waals surface area (Å²) in [6, 6.07) is 8.04. The van der Waals surface area contributed by atoms with E-state index in [1.807, 2.05) is 24.3 Å². The van der Waals surface area contributed by atoms with E-state index in [1.54, 1.807) is 0 Å². The molecule has 0 bridgehead atoms. The molecule has 0 fully saturated rings. The fraction of sp³-hybridized carbons (Fsp3) is 0.125. The third kappa shape index (κ3) is 3.15. The van der Waals surface area contributed by atoms with Crippen LogP contribution in [0.1, 0.15) is 5.56 Å². The molecule has 1 aromatic carbocycles. The summed E-state index contributed by atoms with van der Waals surface area (Å²) in [7, 11) is 0.729. The molecule has 0 radical (unpaired) electrons. The van der Waals surface area contributed by atoms with Gasteiger partial charge in [0.2, 0.25) is 0 Å². The predicted molar refractivity (Wildman–Crippen MR) is 53.0 cm³/mol. The zero-order valence-electron chi connectivity index (χ0n) is 5.96. The first kappa shape index (κ1) is 8.92. The van der Waals surface area contributed by atoms with Gasteiger partial charge in [0.15, 0.2) is 0 Å². The minimum atomic E-state index is 0.637. The lowest BCUT2D eigenvalue weighted by Gasteiger charge is -1.97. The van der Waals surface area contributed by atoms with Gasteiger partial charge in [0.05, 0.1) is 6.61 Å². The van der Waals surface area contributed by atoms with Crippen LogP contribution in [0.2, 0.25) is 0 Å². The fourth-order valence-electron chi connectivity index (χ4n) is 0.701. The van der Waals surface area contributed by atoms with Gasteiger partial charge in [-0.1, -0.05) is 28.1 Å². The van der Waals surface area contributed by atoms with E-state index in [0.717, 1.165) is 12.9 Å². The van der Waals surface area contributed by atoms with Gasteiger partial charge in [0.1, 0.15) is 0 Å². The van der Waals surface area contributed by atoms with Crippen LogP contribution in [0, 0.1) is 0 Å². The molecule has 1 nitrogen and oxygen atoms in total. The van der Waals surface area contributed by atoms with Crippen LogP contribution in [0.15, 0.2) is 28.7 Å². The first-order valence-electron chi connectivity index (χ1n) is 3.15. The predicted octanol–water partition coefficient (Wildman–Crippen LogP) is 3.26. The lowest BCUT2D eigenvalue weighted by molar-refractivity contribution is 0.360. The van der Waals surface area contributed by atoms with Gasteiger partial charge in [-0.25, -0.2) is 0 Å². The average molecular weight is 231 g/mol. The third-order valence-electron chi connectivity index (χ3n) is 1.24. The molecular weight excluding hydrogens is 223 g/mol. The molecule has 0 saturated heterocycles. The first-order chi connectivity index (χ1) is 5.33. The van der Waals surface area contributed by atoms with Crippen LogP contribution in [-0.4, -0.2) is 6.30 Å². The zero-order chi connectivity index (χ0) is 8.10. The van der Waals surface area contributed by atoms with Crippen molar-refractivity contribution in [2.45, 2.75) is 6.61 Å². The van der Waals surface area contributed by atoms with Gasteiger partial charge in [-0.2, -0.15) is 0 Å². The highest BCUT2D eigenvalue weighted by atomic mass is 79.9. The molecule has 0 aromatic heterocycles. The highest BCUT2D eigenvalue weighted by Gasteiger charge is 1.90. The van der Waals surface area contributed by atoms with Crippen molar-refractivity contribution in [2.24, 2.45) is 0 Å². The number of benzene rings is 1. The largest absolute Gasteiger partial charge is 0.322 e. The van der Waals surface area contributed by atoms with Crippen LogP contribution in [0.5, 0.6) is 0 Å². The number of hydrogen-bond donors (Lipinski definition) is 0. The highest BCUT2D eigenvalue weighted by Crippen LogP contribution is 2.12. The smallest absolute Gasteiger partial charge is 0.0825 e. The summed E-state index contributed by atoms with van der Waals surface area (Å²) in [5.41, 5.74) is 1.17. The molecule has 1 aromatic rings. The van der Waals surface area contributed by atoms with Crippen molar-refractivity contribution in [3.8, 4) is 0 Å². The maximum absolute atomic E-state index is 5.11. The minimum Gasteiger partial charge on any atom is -0.322 e. The second-order valence-corrected chi connectivity index (χ2v) is 3.46. The normalized spacial score (nSPS) is 10.3. The summed E-state index contributed by atoms with van der Waals surface area (Å²) in [5, 5.41) is 0. The van der Waals surface area contributed by atoms with Crippen LogP contribution in [0.25, 0.3) is 0 Å². The molecule has 0 aliphatic heterocycles. The fourth-order valence-corrected chi connectivity index (χ4v) is 1.21. The Morgan fingerprint density at radius 2 is 2.00 bits per heavy atom. The molecule has 0 spiro atoms. The van der Waals surface area contributed by atoms with E-state index in [1.165, 1.54) is 5.56 Å². The Morgan fingerprint density at radius 1 is 1.36 bits per heavy atom. The maximum Gasteiger partial charge on any atom is 0.0825 e. The van der Waals surface area contributed by atoms with E-state index < -0.39 is 0 Å². The Labute approximate surface area is 76.4 Å². The monoisotopic (exact) mass is 230 g/mol. The van der Waals surface area contributed by atoms with Crippen LogP contribution in [0.4, 0.5) is 0 Å². The van der Waals surface area contributed by atoms with Crippen molar-refractivity contribution in [1.29, 1.82) is 0 Å². The lowest BCUT2D eigenvalue weighted by Crippen LogP contribution is -1.81. The summed E-state index contributed by atoms with van der Waals surface area (Å²) >= 11 is 3.36. The Morgan fingerprint density at radius 3 is 2.55 bits per heavy atom. The summed E-state index contributed by atoms with van der Waals surface area (Å²) in [6.45, 7) is 0.637. The van der Waals surface area contributed by atoms with Crippen LogP contribution in [0.3, 0.4) is 0 Å². The van der Waals surface area contributed by atoms with Gasteiger partial charge in [0.25, 0.3) is 0 Å². The van der Waals surface area contributed by atoms with Crippen molar-refractivity contribution >= 4 is 30.7 Å². The Hall–Kier alpha value is -0.170. The summed E-state index contributed by atoms with van der Waals surface area (Å²) in [4.78, 5) is 0. The van der Waals surface area contributed by atoms with Gasteiger partial charge < -0.3 is 4.52 Å². The van der Waals surface area contributed by atoms with Crippen molar-refractivity contribution in [2.75, 3.05) is 0 Å². The SMILES string of the molecule is C=POCc1ccc(Br)cc1. The molecule has 0 heterocycles. The van der Waals surface area contributed by atoms with E-state index in [9.17, 15) is 0 Å².